The highest BCUT2D eigenvalue weighted by Gasteiger charge is 3.26. The second kappa shape index (κ2) is 2.44. The van der Waals surface area contributed by atoms with Crippen molar-refractivity contribution >= 4 is 5.97 Å². The van der Waals surface area contributed by atoms with Crippen molar-refractivity contribution in [3.05, 3.63) is 35.9 Å². The Hall–Kier alpha value is -1.43. The van der Waals surface area contributed by atoms with Gasteiger partial charge in [0, 0.05) is 11.3 Å². The molecule has 112 valence electrons. The molecule has 2 saturated heterocycles. The predicted molar refractivity (Wildman–Crippen MR) is 70.4 cm³/mol. The first kappa shape index (κ1) is 11.2. The van der Waals surface area contributed by atoms with E-state index in [1.807, 2.05) is 18.2 Å². The van der Waals surface area contributed by atoms with E-state index in [1.54, 1.807) is 12.1 Å². The fourth-order valence-electron chi connectivity index (χ4n) is 7.54. The molecule has 0 amide bonds. The number of aliphatic hydroxyl groups is 1. The van der Waals surface area contributed by atoms with Gasteiger partial charge in [-0.25, -0.2) is 4.79 Å². The first-order valence-corrected chi connectivity index (χ1v) is 7.87. The van der Waals surface area contributed by atoms with Gasteiger partial charge in [0.15, 0.2) is 12.1 Å². The Balaban J connectivity index is 1.29. The molecule has 4 aliphatic carbocycles. The van der Waals surface area contributed by atoms with E-state index in [0.717, 1.165) is 6.42 Å². The van der Waals surface area contributed by atoms with Gasteiger partial charge >= 0.3 is 5.97 Å². The second-order valence-electron chi connectivity index (χ2n) is 7.88. The minimum absolute atomic E-state index is 0.0570. The summed E-state index contributed by atoms with van der Waals surface area (Å²) in [5.41, 5.74) is -0.603. The molecule has 2 heterocycles. The summed E-state index contributed by atoms with van der Waals surface area (Å²) >= 11 is 0. The quantitative estimate of drug-likeness (QED) is 0.827. The molecular formula is C17H14O5. The average molecular weight is 298 g/mol. The molecule has 0 aromatic heterocycles. The van der Waals surface area contributed by atoms with Crippen molar-refractivity contribution in [3.63, 3.8) is 0 Å². The summed E-state index contributed by atoms with van der Waals surface area (Å²) < 4.78 is 17.3. The molecule has 0 bridgehead atoms. The van der Waals surface area contributed by atoms with Crippen molar-refractivity contribution in [1.29, 1.82) is 0 Å². The van der Waals surface area contributed by atoms with Crippen molar-refractivity contribution in [1.82, 2.24) is 0 Å². The Kier molecular flexibility index (Phi) is 1.24. The van der Waals surface area contributed by atoms with Crippen LogP contribution in [0.4, 0.5) is 0 Å². The summed E-state index contributed by atoms with van der Waals surface area (Å²) in [6, 6.07) is 9.04. The van der Waals surface area contributed by atoms with Crippen LogP contribution >= 0.6 is 0 Å². The van der Waals surface area contributed by atoms with Crippen molar-refractivity contribution in [2.75, 3.05) is 0 Å². The molecule has 5 nitrogen and oxygen atoms in total. The van der Waals surface area contributed by atoms with Gasteiger partial charge in [0.25, 0.3) is 0 Å². The van der Waals surface area contributed by atoms with E-state index >= 15 is 0 Å². The number of ether oxygens (including phenoxy) is 3. The van der Waals surface area contributed by atoms with E-state index in [-0.39, 0.29) is 34.6 Å². The number of carbonyl (C=O) groups excluding carboxylic acids is 1. The van der Waals surface area contributed by atoms with Gasteiger partial charge in [-0.3, -0.25) is 0 Å². The normalized spacial score (nSPS) is 65.8. The lowest BCUT2D eigenvalue weighted by Crippen LogP contribution is -3.05. The van der Waals surface area contributed by atoms with Gasteiger partial charge in [-0.1, -0.05) is 18.2 Å². The van der Waals surface area contributed by atoms with E-state index in [4.69, 9.17) is 14.2 Å². The minimum atomic E-state index is -1.13. The Morgan fingerprint density at radius 3 is 2.82 bits per heavy atom. The standard InChI is InChI=1S/C17H14O5/c1-13-9-7-14(20-10(18)8-5-3-2-4-6-8)11-15(9,14)16(13)12(21-13)22-17(11,16)19/h2-6,9,11-12,19H,7H2,1H3/t9-,11-,12?,13-,14?,15?,16?,17+/m1/s1. The molecule has 5 heteroatoms. The van der Waals surface area contributed by atoms with Gasteiger partial charge in [-0.05, 0) is 25.5 Å². The van der Waals surface area contributed by atoms with Gasteiger partial charge in [0.05, 0.1) is 17.1 Å². The van der Waals surface area contributed by atoms with Gasteiger partial charge in [0.1, 0.15) is 11.0 Å². The van der Waals surface area contributed by atoms with E-state index < -0.39 is 11.4 Å². The zero-order chi connectivity index (χ0) is 14.8. The number of fused-ring (bicyclic) bond motifs is 3. The number of esters is 1. The zero-order valence-corrected chi connectivity index (χ0v) is 11.9. The molecule has 4 unspecified atom stereocenters. The molecule has 1 aromatic carbocycles. The minimum Gasteiger partial charge on any atom is -0.454 e. The maximum atomic E-state index is 12.4. The summed E-state index contributed by atoms with van der Waals surface area (Å²) in [5.74, 6) is -1.09. The lowest BCUT2D eigenvalue weighted by atomic mass is 9.23. The van der Waals surface area contributed by atoms with Crippen LogP contribution in [0.2, 0.25) is 0 Å². The van der Waals surface area contributed by atoms with Crippen molar-refractivity contribution in [3.8, 4) is 0 Å². The topological polar surface area (TPSA) is 65.0 Å². The lowest BCUT2D eigenvalue weighted by Gasteiger charge is -2.92. The van der Waals surface area contributed by atoms with E-state index in [2.05, 4.69) is 6.92 Å². The van der Waals surface area contributed by atoms with Crippen molar-refractivity contribution in [2.24, 2.45) is 22.7 Å². The largest absolute Gasteiger partial charge is 0.454 e. The average Bonchev–Trinajstić information content (AvgIpc) is 2.93. The van der Waals surface area contributed by atoms with Crippen LogP contribution in [0, 0.1) is 22.7 Å². The molecule has 2 spiro atoms. The van der Waals surface area contributed by atoms with Crippen LogP contribution in [0.25, 0.3) is 0 Å². The molecule has 22 heavy (non-hydrogen) atoms. The van der Waals surface area contributed by atoms with Crippen LogP contribution in [-0.2, 0) is 14.2 Å². The molecule has 6 aliphatic rings. The van der Waals surface area contributed by atoms with Gasteiger partial charge in [0.2, 0.25) is 0 Å². The third-order valence-corrected chi connectivity index (χ3v) is 7.93. The Morgan fingerprint density at radius 2 is 2.09 bits per heavy atom. The van der Waals surface area contributed by atoms with Crippen molar-refractivity contribution in [2.45, 2.75) is 36.6 Å². The second-order valence-corrected chi connectivity index (χ2v) is 7.88. The first-order valence-electron chi connectivity index (χ1n) is 7.87. The molecule has 4 saturated carbocycles. The first-order chi connectivity index (χ1) is 10.5. The zero-order valence-electron chi connectivity index (χ0n) is 11.9. The molecule has 2 aliphatic heterocycles. The predicted octanol–water partition coefficient (Wildman–Crippen LogP) is 1.07. The van der Waals surface area contributed by atoms with Crippen LogP contribution in [0.3, 0.4) is 0 Å². The maximum Gasteiger partial charge on any atom is 0.338 e. The maximum absolute atomic E-state index is 12.4. The van der Waals surface area contributed by atoms with Crippen molar-refractivity contribution < 1.29 is 24.1 Å². The molecule has 1 N–H and O–H groups in total. The number of benzene rings is 1. The fourth-order valence-corrected chi connectivity index (χ4v) is 7.54. The van der Waals surface area contributed by atoms with Crippen LogP contribution in [-0.4, -0.2) is 34.4 Å². The van der Waals surface area contributed by atoms with Crippen LogP contribution in [0.5, 0.6) is 0 Å². The third-order valence-electron chi connectivity index (χ3n) is 7.93. The highest BCUT2D eigenvalue weighted by Crippen LogP contribution is 3.13. The summed E-state index contributed by atoms with van der Waals surface area (Å²) in [7, 11) is 0. The molecular weight excluding hydrogens is 284 g/mol. The third kappa shape index (κ3) is 0.567. The number of hydrogen-bond acceptors (Lipinski definition) is 5. The van der Waals surface area contributed by atoms with E-state index in [9.17, 15) is 9.90 Å². The van der Waals surface area contributed by atoms with Gasteiger partial charge < -0.3 is 19.3 Å². The van der Waals surface area contributed by atoms with Crippen LogP contribution in [0.1, 0.15) is 23.7 Å². The summed E-state index contributed by atoms with van der Waals surface area (Å²) in [6.07, 6.45) is 0.486. The number of hydrogen-bond donors (Lipinski definition) is 1. The number of carbonyl (C=O) groups is 1. The van der Waals surface area contributed by atoms with Gasteiger partial charge in [-0.2, -0.15) is 0 Å². The molecule has 7 rings (SSSR count). The Bertz CT molecular complexity index is 809. The Morgan fingerprint density at radius 1 is 1.32 bits per heavy atom. The summed E-state index contributed by atoms with van der Waals surface area (Å²) in [6.45, 7) is 2.07. The van der Waals surface area contributed by atoms with E-state index in [1.165, 1.54) is 0 Å². The molecule has 1 aromatic rings. The monoisotopic (exact) mass is 298 g/mol. The van der Waals surface area contributed by atoms with Gasteiger partial charge in [-0.15, -0.1) is 0 Å². The highest BCUT2D eigenvalue weighted by molar-refractivity contribution is 5.90. The van der Waals surface area contributed by atoms with Crippen LogP contribution < -0.4 is 0 Å². The summed E-state index contributed by atoms with van der Waals surface area (Å²) in [4.78, 5) is 12.4. The summed E-state index contributed by atoms with van der Waals surface area (Å²) in [5, 5.41) is 10.9. The molecule has 0 radical (unpaired) electrons. The lowest BCUT2D eigenvalue weighted by molar-refractivity contribution is -0.702. The number of rotatable bonds is 2. The fraction of sp³-hybridized carbons (Fsp3) is 0.588. The highest BCUT2D eigenvalue weighted by atomic mass is 16.8. The Labute approximate surface area is 126 Å². The molecule has 8 atom stereocenters. The van der Waals surface area contributed by atoms with Crippen LogP contribution in [0.15, 0.2) is 30.3 Å². The molecule has 6 fully saturated rings. The van der Waals surface area contributed by atoms with E-state index in [0.29, 0.717) is 11.5 Å². The smallest absolute Gasteiger partial charge is 0.338 e. The SMILES string of the molecule is C[C@@]12OC3O[C@@]4(O)[C@@H]5C6(OC(=O)c7ccccc7)C[C@H]1C56C342.